The van der Waals surface area contributed by atoms with Gasteiger partial charge >= 0.3 is 0 Å². The number of piperidine rings is 1. The topological polar surface area (TPSA) is 29.5 Å². The highest BCUT2D eigenvalue weighted by Crippen LogP contribution is 2.33. The van der Waals surface area contributed by atoms with Crippen molar-refractivity contribution in [2.45, 2.75) is 63.5 Å². The van der Waals surface area contributed by atoms with E-state index in [1.165, 1.54) is 25.5 Å². The first-order valence-corrected chi connectivity index (χ1v) is 7.14. The van der Waals surface area contributed by atoms with Crippen molar-refractivity contribution in [2.24, 2.45) is 0 Å². The summed E-state index contributed by atoms with van der Waals surface area (Å²) in [5.74, 6) is 0. The largest absolute Gasteiger partial charge is 0.378 e. The molecule has 0 aromatic rings. The maximum absolute atomic E-state index is 11.6. The van der Waals surface area contributed by atoms with Gasteiger partial charge in [0.2, 0.25) is 0 Å². The van der Waals surface area contributed by atoms with E-state index in [2.05, 4.69) is 11.8 Å². The summed E-state index contributed by atoms with van der Waals surface area (Å²) >= 11 is 0. The van der Waals surface area contributed by atoms with E-state index >= 15 is 0 Å². The molecule has 2 aliphatic heterocycles. The maximum Gasteiger partial charge on any atom is 0.140 e. The second-order valence-corrected chi connectivity index (χ2v) is 5.50. The summed E-state index contributed by atoms with van der Waals surface area (Å²) in [6.45, 7) is 5.12. The van der Waals surface area contributed by atoms with Crippen molar-refractivity contribution in [1.29, 1.82) is 0 Å². The Labute approximate surface area is 105 Å². The molecule has 0 N–H and O–H groups in total. The molecule has 0 saturated carbocycles. The minimum atomic E-state index is -0.210. The van der Waals surface area contributed by atoms with Crippen molar-refractivity contribution in [1.82, 2.24) is 4.90 Å². The molecular formula is C14H25NO2. The normalized spacial score (nSPS) is 35.7. The Kier molecular flexibility index (Phi) is 4.57. The lowest BCUT2D eigenvalue weighted by molar-refractivity contribution is -0.132. The third kappa shape index (κ3) is 2.89. The van der Waals surface area contributed by atoms with Crippen LogP contribution in [0.5, 0.6) is 0 Å². The number of rotatable bonds is 4. The molecule has 0 spiro atoms. The summed E-state index contributed by atoms with van der Waals surface area (Å²) in [4.78, 5) is 14.1. The van der Waals surface area contributed by atoms with Crippen LogP contribution >= 0.6 is 0 Å². The number of likely N-dealkylation sites (tertiary alicyclic amines) is 1. The quantitative estimate of drug-likeness (QED) is 0.705. The molecule has 0 aliphatic carbocycles. The van der Waals surface area contributed by atoms with Gasteiger partial charge in [0.25, 0.3) is 0 Å². The van der Waals surface area contributed by atoms with Crippen LogP contribution in [0.4, 0.5) is 0 Å². The van der Waals surface area contributed by atoms with Gasteiger partial charge in [0.1, 0.15) is 6.29 Å². The molecule has 0 radical (unpaired) electrons. The lowest BCUT2D eigenvalue weighted by Crippen LogP contribution is -2.56. The highest BCUT2D eigenvalue weighted by atomic mass is 16.5. The van der Waals surface area contributed by atoms with Gasteiger partial charge in [-0.3, -0.25) is 4.90 Å². The number of hydrogen-bond donors (Lipinski definition) is 0. The Morgan fingerprint density at radius 3 is 2.76 bits per heavy atom. The SMILES string of the molecule is CCCC1CC(C=O)(N2CCCCC2)CCO1. The number of carbonyl (C=O) groups is 1. The van der Waals surface area contributed by atoms with Gasteiger partial charge in [0.15, 0.2) is 0 Å². The molecule has 0 aromatic heterocycles. The third-order valence-electron chi connectivity index (χ3n) is 4.29. The van der Waals surface area contributed by atoms with Crippen molar-refractivity contribution >= 4 is 6.29 Å². The van der Waals surface area contributed by atoms with Crippen molar-refractivity contribution < 1.29 is 9.53 Å². The van der Waals surface area contributed by atoms with Crippen LogP contribution < -0.4 is 0 Å². The molecule has 0 bridgehead atoms. The number of hydrogen-bond acceptors (Lipinski definition) is 3. The van der Waals surface area contributed by atoms with Crippen molar-refractivity contribution in [2.75, 3.05) is 19.7 Å². The summed E-state index contributed by atoms with van der Waals surface area (Å²) in [6.07, 6.45) is 9.33. The first-order chi connectivity index (χ1) is 8.30. The summed E-state index contributed by atoms with van der Waals surface area (Å²) < 4.78 is 5.78. The first kappa shape index (κ1) is 13.0. The lowest BCUT2D eigenvalue weighted by atomic mass is 9.83. The van der Waals surface area contributed by atoms with E-state index in [1.54, 1.807) is 0 Å². The predicted octanol–water partition coefficient (Wildman–Crippen LogP) is 2.39. The van der Waals surface area contributed by atoms with E-state index in [9.17, 15) is 4.79 Å². The number of aldehydes is 1. The monoisotopic (exact) mass is 239 g/mol. The molecular weight excluding hydrogens is 214 g/mol. The van der Waals surface area contributed by atoms with Crippen LogP contribution in [-0.2, 0) is 9.53 Å². The van der Waals surface area contributed by atoms with Crippen molar-refractivity contribution in [3.05, 3.63) is 0 Å². The summed E-state index contributed by atoms with van der Waals surface area (Å²) in [5.41, 5.74) is -0.210. The zero-order chi connectivity index (χ0) is 12.1. The van der Waals surface area contributed by atoms with Crippen molar-refractivity contribution in [3.8, 4) is 0 Å². The minimum Gasteiger partial charge on any atom is -0.378 e. The zero-order valence-electron chi connectivity index (χ0n) is 11.0. The maximum atomic E-state index is 11.6. The van der Waals surface area contributed by atoms with Crippen LogP contribution in [0.2, 0.25) is 0 Å². The molecule has 98 valence electrons. The highest BCUT2D eigenvalue weighted by Gasteiger charge is 2.41. The molecule has 0 aromatic carbocycles. The van der Waals surface area contributed by atoms with Crippen LogP contribution in [0.1, 0.15) is 51.9 Å². The molecule has 2 rings (SSSR count). The van der Waals surface area contributed by atoms with Crippen LogP contribution in [0, 0.1) is 0 Å². The van der Waals surface area contributed by atoms with Gasteiger partial charge in [-0.1, -0.05) is 19.8 Å². The van der Waals surface area contributed by atoms with E-state index in [0.29, 0.717) is 6.10 Å². The van der Waals surface area contributed by atoms with E-state index in [0.717, 1.165) is 45.4 Å². The van der Waals surface area contributed by atoms with E-state index in [-0.39, 0.29) is 5.54 Å². The minimum absolute atomic E-state index is 0.210. The molecule has 2 atom stereocenters. The smallest absolute Gasteiger partial charge is 0.140 e. The molecule has 2 heterocycles. The van der Waals surface area contributed by atoms with Gasteiger partial charge < -0.3 is 9.53 Å². The average Bonchev–Trinajstić information content (AvgIpc) is 2.40. The Morgan fingerprint density at radius 2 is 2.12 bits per heavy atom. The van der Waals surface area contributed by atoms with E-state index < -0.39 is 0 Å². The number of carbonyl (C=O) groups excluding carboxylic acids is 1. The molecule has 2 saturated heterocycles. The molecule has 2 unspecified atom stereocenters. The van der Waals surface area contributed by atoms with Crippen LogP contribution in [0.25, 0.3) is 0 Å². The number of nitrogens with zero attached hydrogens (tertiary/aromatic N) is 1. The third-order valence-corrected chi connectivity index (χ3v) is 4.29. The standard InChI is InChI=1S/C14H25NO2/c1-2-6-13-11-14(12-16,7-10-17-13)15-8-4-3-5-9-15/h12-13H,2-11H2,1H3. The summed E-state index contributed by atoms with van der Waals surface area (Å²) in [7, 11) is 0. The van der Waals surface area contributed by atoms with Crippen LogP contribution in [0.3, 0.4) is 0 Å². The molecule has 3 nitrogen and oxygen atoms in total. The van der Waals surface area contributed by atoms with Gasteiger partial charge in [0.05, 0.1) is 11.6 Å². The van der Waals surface area contributed by atoms with Crippen molar-refractivity contribution in [3.63, 3.8) is 0 Å². The fourth-order valence-electron chi connectivity index (χ4n) is 3.27. The Bertz CT molecular complexity index is 249. The summed E-state index contributed by atoms with van der Waals surface area (Å²) in [5, 5.41) is 0. The fourth-order valence-corrected chi connectivity index (χ4v) is 3.27. The van der Waals surface area contributed by atoms with Crippen LogP contribution in [0.15, 0.2) is 0 Å². The van der Waals surface area contributed by atoms with Gasteiger partial charge in [0, 0.05) is 6.61 Å². The zero-order valence-corrected chi connectivity index (χ0v) is 11.0. The molecule has 2 fully saturated rings. The van der Waals surface area contributed by atoms with Gasteiger partial charge in [-0.25, -0.2) is 0 Å². The van der Waals surface area contributed by atoms with Gasteiger partial charge in [-0.15, -0.1) is 0 Å². The van der Waals surface area contributed by atoms with E-state index in [1.807, 2.05) is 0 Å². The lowest BCUT2D eigenvalue weighted by Gasteiger charge is -2.46. The molecule has 3 heteroatoms. The van der Waals surface area contributed by atoms with Gasteiger partial charge in [-0.05, 0) is 45.2 Å². The average molecular weight is 239 g/mol. The Hall–Kier alpha value is -0.410. The Balaban J connectivity index is 2.03. The predicted molar refractivity (Wildman–Crippen MR) is 68.1 cm³/mol. The second-order valence-electron chi connectivity index (χ2n) is 5.50. The fraction of sp³-hybridized carbons (Fsp3) is 0.929. The molecule has 17 heavy (non-hydrogen) atoms. The summed E-state index contributed by atoms with van der Waals surface area (Å²) in [6, 6.07) is 0. The first-order valence-electron chi connectivity index (χ1n) is 7.14. The van der Waals surface area contributed by atoms with Crippen LogP contribution in [-0.4, -0.2) is 42.5 Å². The molecule has 0 amide bonds. The number of ether oxygens (including phenoxy) is 1. The van der Waals surface area contributed by atoms with Gasteiger partial charge in [-0.2, -0.15) is 0 Å². The Morgan fingerprint density at radius 1 is 1.35 bits per heavy atom. The molecule has 2 aliphatic rings. The van der Waals surface area contributed by atoms with E-state index in [4.69, 9.17) is 4.74 Å². The highest BCUT2D eigenvalue weighted by molar-refractivity contribution is 5.64. The second kappa shape index (κ2) is 5.96.